The molecule has 1 rings (SSSR count). The average Bonchev–Trinajstić information content (AvgIpc) is 1.83. The minimum atomic E-state index is -0.196. The van der Waals surface area contributed by atoms with Crippen molar-refractivity contribution in [2.75, 3.05) is 13.2 Å². The van der Waals surface area contributed by atoms with Crippen LogP contribution < -0.4 is 0 Å². The van der Waals surface area contributed by atoms with E-state index in [2.05, 4.69) is 0 Å². The first-order valence-corrected chi connectivity index (χ1v) is 4.58. The molecule has 1 fully saturated rings. The Kier molecular flexibility index (Phi) is 3.06. The average molecular weight is 174 g/mol. The molecule has 1 aliphatic heterocycles. The summed E-state index contributed by atoms with van der Waals surface area (Å²) in [7, 11) is 0.142. The highest BCUT2D eigenvalue weighted by molar-refractivity contribution is 6.18. The van der Waals surface area contributed by atoms with E-state index in [9.17, 15) is 0 Å². The van der Waals surface area contributed by atoms with Crippen LogP contribution in [0, 0.1) is 0 Å². The summed E-state index contributed by atoms with van der Waals surface area (Å²) in [4.78, 5) is 0. The molecule has 0 N–H and O–H groups in total. The van der Waals surface area contributed by atoms with Crippen molar-refractivity contribution in [1.29, 1.82) is 0 Å². The first-order chi connectivity index (χ1) is 5.10. The van der Waals surface area contributed by atoms with Crippen molar-refractivity contribution in [3.63, 3.8) is 0 Å². The van der Waals surface area contributed by atoms with Gasteiger partial charge in [0.2, 0.25) is 0 Å². The molecule has 4 heteroatoms. The van der Waals surface area contributed by atoms with Gasteiger partial charge in [0.15, 0.2) is 0 Å². The number of hydrogen-bond donors (Lipinski definition) is 0. The Morgan fingerprint density at radius 3 is 2.91 bits per heavy atom. The van der Waals surface area contributed by atoms with E-state index in [1.54, 1.807) is 0 Å². The van der Waals surface area contributed by atoms with Crippen LogP contribution >= 0.6 is 0 Å². The van der Waals surface area contributed by atoms with Crippen LogP contribution in [-0.2, 0) is 13.6 Å². The molecule has 0 aromatic rings. The quantitative estimate of drug-likeness (QED) is 0.507. The Morgan fingerprint density at radius 2 is 2.18 bits per heavy atom. The van der Waals surface area contributed by atoms with Crippen LogP contribution in [-0.4, -0.2) is 34.9 Å². The molecule has 1 aliphatic rings. The molecule has 0 aromatic carbocycles. The highest BCUT2D eigenvalue weighted by atomic mass is 28.3. The molecule has 1 unspecified atom stereocenters. The van der Waals surface area contributed by atoms with Crippen molar-refractivity contribution in [3.05, 3.63) is 0 Å². The van der Waals surface area contributed by atoms with Crippen molar-refractivity contribution in [3.8, 4) is 0 Å². The Hall–Kier alpha value is 0.0969. The third-order valence-electron chi connectivity index (χ3n) is 1.37. The zero-order valence-electron chi connectivity index (χ0n) is 7.22. The Bertz CT molecular complexity index is 115. The SMILES string of the molecule is CC1COCC(C)(C)O[Si]O1. The lowest BCUT2D eigenvalue weighted by atomic mass is 10.2. The molecule has 0 amide bonds. The van der Waals surface area contributed by atoms with Gasteiger partial charge in [-0.2, -0.15) is 0 Å². The minimum absolute atomic E-state index is 0.142. The maximum atomic E-state index is 5.42. The third-order valence-corrected chi connectivity index (χ3v) is 2.50. The fourth-order valence-electron chi connectivity index (χ4n) is 0.753. The molecule has 1 atom stereocenters. The second-order valence-corrected chi connectivity index (χ2v) is 4.00. The van der Waals surface area contributed by atoms with E-state index in [4.69, 9.17) is 13.6 Å². The van der Waals surface area contributed by atoms with E-state index in [-0.39, 0.29) is 21.7 Å². The predicted octanol–water partition coefficient (Wildman–Crippen LogP) is 0.751. The van der Waals surface area contributed by atoms with E-state index in [0.29, 0.717) is 13.2 Å². The second kappa shape index (κ2) is 3.67. The number of ether oxygens (including phenoxy) is 1. The van der Waals surface area contributed by atoms with Gasteiger partial charge in [-0.25, -0.2) is 0 Å². The largest absolute Gasteiger partial charge is 0.434 e. The Morgan fingerprint density at radius 1 is 1.45 bits per heavy atom. The molecule has 1 saturated heterocycles. The number of rotatable bonds is 0. The molecule has 0 aromatic heterocycles. The van der Waals surface area contributed by atoms with Crippen LogP contribution in [0.2, 0.25) is 0 Å². The Balaban J connectivity index is 2.35. The maximum Gasteiger partial charge on any atom is 0.434 e. The van der Waals surface area contributed by atoms with E-state index in [1.807, 2.05) is 20.8 Å². The lowest BCUT2D eigenvalue weighted by Crippen LogP contribution is -2.38. The molecule has 1 heterocycles. The standard InChI is InChI=1S/C7H14O3Si/c1-6-4-8-5-7(2,3)10-11-9-6/h6H,4-5H2,1-3H3. The molecule has 2 radical (unpaired) electrons. The topological polar surface area (TPSA) is 27.7 Å². The summed E-state index contributed by atoms with van der Waals surface area (Å²) < 4.78 is 16.1. The van der Waals surface area contributed by atoms with Crippen molar-refractivity contribution >= 4 is 10.0 Å². The van der Waals surface area contributed by atoms with Crippen LogP contribution in [0.15, 0.2) is 0 Å². The summed E-state index contributed by atoms with van der Waals surface area (Å²) in [6.45, 7) is 7.29. The van der Waals surface area contributed by atoms with Crippen LogP contribution in [0.1, 0.15) is 20.8 Å². The molecule has 0 aliphatic carbocycles. The molecule has 0 saturated carbocycles. The van der Waals surface area contributed by atoms with Crippen molar-refractivity contribution in [2.24, 2.45) is 0 Å². The highest BCUT2D eigenvalue weighted by Gasteiger charge is 2.23. The van der Waals surface area contributed by atoms with Gasteiger partial charge >= 0.3 is 10.0 Å². The first kappa shape index (κ1) is 9.19. The van der Waals surface area contributed by atoms with Gasteiger partial charge in [-0.05, 0) is 20.8 Å². The number of hydrogen-bond acceptors (Lipinski definition) is 3. The lowest BCUT2D eigenvalue weighted by Gasteiger charge is -2.28. The normalized spacial score (nSPS) is 32.5. The second-order valence-electron chi connectivity index (χ2n) is 3.39. The van der Waals surface area contributed by atoms with Gasteiger partial charge in [0.25, 0.3) is 0 Å². The van der Waals surface area contributed by atoms with Gasteiger partial charge < -0.3 is 13.6 Å². The summed E-state index contributed by atoms with van der Waals surface area (Å²) in [6.07, 6.45) is 0.157. The molecule has 0 spiro atoms. The van der Waals surface area contributed by atoms with Crippen molar-refractivity contribution in [2.45, 2.75) is 32.5 Å². The first-order valence-electron chi connectivity index (χ1n) is 3.76. The molecular formula is C7H14O3Si. The van der Waals surface area contributed by atoms with E-state index in [1.165, 1.54) is 0 Å². The summed E-state index contributed by atoms with van der Waals surface area (Å²) in [5.74, 6) is 0. The predicted molar refractivity (Wildman–Crippen MR) is 42.3 cm³/mol. The lowest BCUT2D eigenvalue weighted by molar-refractivity contribution is -0.0626. The summed E-state index contributed by atoms with van der Waals surface area (Å²) in [5, 5.41) is 0. The fraction of sp³-hybridized carbons (Fsp3) is 1.00. The van der Waals surface area contributed by atoms with Gasteiger partial charge in [0, 0.05) is 0 Å². The summed E-state index contributed by atoms with van der Waals surface area (Å²) in [5.41, 5.74) is -0.196. The van der Waals surface area contributed by atoms with Gasteiger partial charge in [0.1, 0.15) is 0 Å². The van der Waals surface area contributed by atoms with Gasteiger partial charge in [0.05, 0.1) is 24.9 Å². The van der Waals surface area contributed by atoms with Gasteiger partial charge in [-0.1, -0.05) is 0 Å². The van der Waals surface area contributed by atoms with E-state index >= 15 is 0 Å². The van der Waals surface area contributed by atoms with E-state index in [0.717, 1.165) is 0 Å². The smallest absolute Gasteiger partial charge is 0.387 e. The molecule has 11 heavy (non-hydrogen) atoms. The van der Waals surface area contributed by atoms with Crippen LogP contribution in [0.5, 0.6) is 0 Å². The van der Waals surface area contributed by atoms with Gasteiger partial charge in [-0.15, -0.1) is 0 Å². The monoisotopic (exact) mass is 174 g/mol. The summed E-state index contributed by atoms with van der Waals surface area (Å²) in [6, 6.07) is 0. The van der Waals surface area contributed by atoms with Crippen LogP contribution in [0.25, 0.3) is 0 Å². The zero-order chi connectivity index (χ0) is 8.32. The highest BCUT2D eigenvalue weighted by Crippen LogP contribution is 2.11. The molecular weight excluding hydrogens is 160 g/mol. The van der Waals surface area contributed by atoms with E-state index < -0.39 is 0 Å². The Labute approximate surface area is 70.1 Å². The van der Waals surface area contributed by atoms with Crippen LogP contribution in [0.3, 0.4) is 0 Å². The van der Waals surface area contributed by atoms with Crippen molar-refractivity contribution in [1.82, 2.24) is 0 Å². The maximum absolute atomic E-state index is 5.42. The molecule has 0 bridgehead atoms. The third kappa shape index (κ3) is 3.33. The van der Waals surface area contributed by atoms with Gasteiger partial charge in [-0.3, -0.25) is 0 Å². The zero-order valence-corrected chi connectivity index (χ0v) is 8.22. The van der Waals surface area contributed by atoms with Crippen LogP contribution in [0.4, 0.5) is 0 Å². The summed E-state index contributed by atoms with van der Waals surface area (Å²) >= 11 is 0. The molecule has 64 valence electrons. The minimum Gasteiger partial charge on any atom is -0.387 e. The fourth-order valence-corrected chi connectivity index (χ4v) is 1.32. The molecule has 3 nitrogen and oxygen atoms in total. The van der Waals surface area contributed by atoms with Crippen molar-refractivity contribution < 1.29 is 13.6 Å².